The first-order valence-corrected chi connectivity index (χ1v) is 10.6. The van der Waals surface area contributed by atoms with Gasteiger partial charge in [-0.25, -0.2) is 0 Å². The third-order valence-electron chi connectivity index (χ3n) is 4.74. The number of hydrogen-bond donors (Lipinski definition) is 2. The molecule has 1 aliphatic rings. The minimum atomic E-state index is -0.279. The van der Waals surface area contributed by atoms with Gasteiger partial charge in [-0.2, -0.15) is 0 Å². The molecule has 0 aliphatic carbocycles. The predicted molar refractivity (Wildman–Crippen MR) is 111 cm³/mol. The van der Waals surface area contributed by atoms with Gasteiger partial charge >= 0.3 is 0 Å². The van der Waals surface area contributed by atoms with Gasteiger partial charge in [0, 0.05) is 31.6 Å². The van der Waals surface area contributed by atoms with Crippen molar-refractivity contribution in [2.24, 2.45) is 0 Å². The molecule has 0 radical (unpaired) electrons. The van der Waals surface area contributed by atoms with Crippen molar-refractivity contribution in [1.29, 1.82) is 0 Å². The van der Waals surface area contributed by atoms with E-state index in [1.807, 2.05) is 31.2 Å². The smallest absolute Gasteiger partial charge is 0.286 e. The highest BCUT2D eigenvalue weighted by molar-refractivity contribution is 7.13. The molecule has 0 spiro atoms. The number of benzene rings is 1. The molecule has 0 unspecified atom stereocenters. The fraction of sp³-hybridized carbons (Fsp3) is 0.500. The SMILES string of the molecule is Cc1ccc(NC(=O)c2nnc(CCC(=O)NCCN3CCCCC3)s2)cc1. The molecule has 150 valence electrons. The monoisotopic (exact) mass is 401 g/mol. The first kappa shape index (κ1) is 20.4. The Morgan fingerprint density at radius 3 is 2.61 bits per heavy atom. The Balaban J connectivity index is 1.38. The van der Waals surface area contributed by atoms with Crippen LogP contribution in [0.25, 0.3) is 0 Å². The zero-order chi connectivity index (χ0) is 19.8. The molecular formula is C20H27N5O2S. The Morgan fingerprint density at radius 1 is 1.11 bits per heavy atom. The Bertz CT molecular complexity index is 784. The Labute approximate surface area is 169 Å². The summed E-state index contributed by atoms with van der Waals surface area (Å²) in [7, 11) is 0. The van der Waals surface area contributed by atoms with Gasteiger partial charge in [-0.15, -0.1) is 10.2 Å². The number of aryl methyl sites for hydroxylation is 2. The molecule has 1 fully saturated rings. The first-order valence-electron chi connectivity index (χ1n) is 9.79. The minimum absolute atomic E-state index is 0.0119. The lowest BCUT2D eigenvalue weighted by Gasteiger charge is -2.26. The van der Waals surface area contributed by atoms with Crippen LogP contribution >= 0.6 is 11.3 Å². The van der Waals surface area contributed by atoms with Gasteiger partial charge in [0.1, 0.15) is 5.01 Å². The molecule has 1 aromatic heterocycles. The lowest BCUT2D eigenvalue weighted by molar-refractivity contribution is -0.121. The fourth-order valence-corrected chi connectivity index (χ4v) is 3.85. The molecule has 0 saturated carbocycles. The molecular weight excluding hydrogens is 374 g/mol. The second kappa shape index (κ2) is 10.3. The molecule has 2 aromatic rings. The number of carbonyl (C=O) groups is 2. The topological polar surface area (TPSA) is 87.2 Å². The van der Waals surface area contributed by atoms with E-state index in [4.69, 9.17) is 0 Å². The molecule has 2 N–H and O–H groups in total. The van der Waals surface area contributed by atoms with E-state index < -0.39 is 0 Å². The van der Waals surface area contributed by atoms with Crippen molar-refractivity contribution < 1.29 is 9.59 Å². The van der Waals surface area contributed by atoms with Crippen LogP contribution in [-0.2, 0) is 11.2 Å². The molecule has 2 heterocycles. The van der Waals surface area contributed by atoms with Crippen LogP contribution in [-0.4, -0.2) is 53.1 Å². The van der Waals surface area contributed by atoms with Gasteiger partial charge in [0.05, 0.1) is 0 Å². The maximum Gasteiger partial charge on any atom is 0.286 e. The van der Waals surface area contributed by atoms with Crippen molar-refractivity contribution in [2.75, 3.05) is 31.5 Å². The molecule has 1 aliphatic heterocycles. The van der Waals surface area contributed by atoms with E-state index >= 15 is 0 Å². The van der Waals surface area contributed by atoms with E-state index in [2.05, 4.69) is 25.7 Å². The number of rotatable bonds is 8. The summed E-state index contributed by atoms with van der Waals surface area (Å²) >= 11 is 1.23. The van der Waals surface area contributed by atoms with Crippen LogP contribution in [0.4, 0.5) is 5.69 Å². The lowest BCUT2D eigenvalue weighted by atomic mass is 10.1. The van der Waals surface area contributed by atoms with E-state index in [1.165, 1.54) is 30.6 Å². The number of anilines is 1. The molecule has 1 aromatic carbocycles. The van der Waals surface area contributed by atoms with Gasteiger partial charge in [0.2, 0.25) is 10.9 Å². The lowest BCUT2D eigenvalue weighted by Crippen LogP contribution is -2.37. The van der Waals surface area contributed by atoms with Gasteiger partial charge in [0.25, 0.3) is 5.91 Å². The van der Waals surface area contributed by atoms with Crippen molar-refractivity contribution in [3.05, 3.63) is 39.8 Å². The van der Waals surface area contributed by atoms with Crippen molar-refractivity contribution in [2.45, 2.75) is 39.0 Å². The molecule has 0 bridgehead atoms. The maximum absolute atomic E-state index is 12.3. The minimum Gasteiger partial charge on any atom is -0.355 e. The summed E-state index contributed by atoms with van der Waals surface area (Å²) in [6, 6.07) is 7.57. The number of nitrogens with zero attached hydrogens (tertiary/aromatic N) is 3. The average Bonchev–Trinajstić information content (AvgIpc) is 3.18. The quantitative estimate of drug-likeness (QED) is 0.710. The fourth-order valence-electron chi connectivity index (χ4n) is 3.11. The summed E-state index contributed by atoms with van der Waals surface area (Å²) in [6.45, 7) is 5.85. The summed E-state index contributed by atoms with van der Waals surface area (Å²) in [5.41, 5.74) is 1.85. The Kier molecular flexibility index (Phi) is 7.50. The summed E-state index contributed by atoms with van der Waals surface area (Å²) in [5.74, 6) is -0.267. The Morgan fingerprint density at radius 2 is 1.86 bits per heavy atom. The summed E-state index contributed by atoms with van der Waals surface area (Å²) in [5, 5.41) is 14.8. The Hall–Kier alpha value is -2.32. The van der Waals surface area contributed by atoms with Crippen LogP contribution in [0.5, 0.6) is 0 Å². The molecule has 28 heavy (non-hydrogen) atoms. The summed E-state index contributed by atoms with van der Waals surface area (Å²) in [4.78, 5) is 26.7. The summed E-state index contributed by atoms with van der Waals surface area (Å²) in [6.07, 6.45) is 4.67. The van der Waals surface area contributed by atoms with Gasteiger partial charge in [-0.3, -0.25) is 9.59 Å². The number of likely N-dealkylation sites (tertiary alicyclic amines) is 1. The molecule has 7 nitrogen and oxygen atoms in total. The van der Waals surface area contributed by atoms with Crippen molar-refractivity contribution in [3.8, 4) is 0 Å². The third-order valence-corrected chi connectivity index (χ3v) is 5.72. The van der Waals surface area contributed by atoms with Crippen molar-refractivity contribution in [3.63, 3.8) is 0 Å². The van der Waals surface area contributed by atoms with Gasteiger partial charge in [-0.1, -0.05) is 35.5 Å². The van der Waals surface area contributed by atoms with Crippen LogP contribution in [0.2, 0.25) is 0 Å². The molecule has 1 saturated heterocycles. The number of hydrogen-bond acceptors (Lipinski definition) is 6. The van der Waals surface area contributed by atoms with Gasteiger partial charge in [0.15, 0.2) is 0 Å². The van der Waals surface area contributed by atoms with Gasteiger partial charge < -0.3 is 15.5 Å². The van der Waals surface area contributed by atoms with Crippen LogP contribution in [0.1, 0.15) is 46.1 Å². The number of amides is 2. The zero-order valence-electron chi connectivity index (χ0n) is 16.2. The van der Waals surface area contributed by atoms with E-state index in [9.17, 15) is 9.59 Å². The largest absolute Gasteiger partial charge is 0.355 e. The van der Waals surface area contributed by atoms with Crippen LogP contribution in [0.15, 0.2) is 24.3 Å². The molecule has 0 atom stereocenters. The average molecular weight is 402 g/mol. The van der Waals surface area contributed by atoms with Crippen LogP contribution in [0, 0.1) is 6.92 Å². The highest BCUT2D eigenvalue weighted by Gasteiger charge is 2.14. The van der Waals surface area contributed by atoms with Crippen molar-refractivity contribution >= 4 is 28.8 Å². The van der Waals surface area contributed by atoms with E-state index in [-0.39, 0.29) is 11.8 Å². The van der Waals surface area contributed by atoms with Gasteiger partial charge in [-0.05, 0) is 45.0 Å². The predicted octanol–water partition coefficient (Wildman–Crippen LogP) is 2.63. The molecule has 2 amide bonds. The maximum atomic E-state index is 12.3. The highest BCUT2D eigenvalue weighted by Crippen LogP contribution is 2.15. The second-order valence-electron chi connectivity index (χ2n) is 7.07. The third kappa shape index (κ3) is 6.38. The molecule has 3 rings (SSSR count). The van der Waals surface area contributed by atoms with Crippen molar-refractivity contribution in [1.82, 2.24) is 20.4 Å². The van der Waals surface area contributed by atoms with E-state index in [1.54, 1.807) is 0 Å². The van der Waals surface area contributed by atoms with E-state index in [0.29, 0.717) is 29.4 Å². The number of nitrogens with one attached hydrogen (secondary N) is 2. The number of carbonyl (C=O) groups excluding carboxylic acids is 2. The number of aromatic nitrogens is 2. The second-order valence-corrected chi connectivity index (χ2v) is 8.14. The van der Waals surface area contributed by atoms with Crippen LogP contribution < -0.4 is 10.6 Å². The summed E-state index contributed by atoms with van der Waals surface area (Å²) < 4.78 is 0. The normalized spacial score (nSPS) is 14.6. The highest BCUT2D eigenvalue weighted by atomic mass is 32.1. The molecule has 8 heteroatoms. The first-order chi connectivity index (χ1) is 13.6. The van der Waals surface area contributed by atoms with E-state index in [0.717, 1.165) is 30.9 Å². The standard InChI is InChI=1S/C20H27N5O2S/c1-15-5-7-16(8-6-15)22-19(27)20-24-23-18(28-20)10-9-17(26)21-11-14-25-12-3-2-4-13-25/h5-8H,2-4,9-14H2,1H3,(H,21,26)(H,22,27). The van der Waals surface area contributed by atoms with Crippen LogP contribution in [0.3, 0.4) is 0 Å². The zero-order valence-corrected chi connectivity index (χ0v) is 17.1. The number of piperidine rings is 1.